The molecule has 56 valence electrons. The molecular formula is C6H14ClNO. The molecule has 0 aliphatic heterocycles. The third-order valence-corrected chi connectivity index (χ3v) is 1.81. The molecule has 0 radical (unpaired) electrons. The first-order valence-electron chi connectivity index (χ1n) is 3.18. The topological polar surface area (TPSA) is 32.3 Å². The van der Waals surface area contributed by atoms with Gasteiger partial charge in [-0.3, -0.25) is 0 Å². The number of aliphatic hydroxyl groups is 1. The Morgan fingerprint density at radius 2 is 2.11 bits per heavy atom. The Kier molecular flexibility index (Phi) is 4.19. The van der Waals surface area contributed by atoms with Crippen LogP contribution in [0, 0.1) is 0 Å². The number of halogens is 1. The summed E-state index contributed by atoms with van der Waals surface area (Å²) < 4.78 is 0. The fourth-order valence-electron chi connectivity index (χ4n) is 1.22. The van der Waals surface area contributed by atoms with E-state index in [-0.39, 0.29) is 18.5 Å². The van der Waals surface area contributed by atoms with Crippen LogP contribution in [0.4, 0.5) is 0 Å². The van der Waals surface area contributed by atoms with Crippen LogP contribution in [0.5, 0.6) is 0 Å². The summed E-state index contributed by atoms with van der Waals surface area (Å²) in [5, 5.41) is 12.1. The minimum Gasteiger partial charge on any atom is -0.393 e. The van der Waals surface area contributed by atoms with Gasteiger partial charge < -0.3 is 10.4 Å². The van der Waals surface area contributed by atoms with Gasteiger partial charge in [-0.05, 0) is 26.3 Å². The van der Waals surface area contributed by atoms with Crippen LogP contribution >= 0.6 is 12.4 Å². The van der Waals surface area contributed by atoms with E-state index in [4.69, 9.17) is 5.11 Å². The van der Waals surface area contributed by atoms with Crippen LogP contribution in [-0.2, 0) is 0 Å². The molecule has 1 aliphatic carbocycles. The van der Waals surface area contributed by atoms with E-state index >= 15 is 0 Å². The van der Waals surface area contributed by atoms with Gasteiger partial charge in [-0.2, -0.15) is 0 Å². The van der Waals surface area contributed by atoms with E-state index in [2.05, 4.69) is 5.32 Å². The Morgan fingerprint density at radius 3 is 2.33 bits per heavy atom. The monoisotopic (exact) mass is 151 g/mol. The number of nitrogens with one attached hydrogen (secondary N) is 1. The summed E-state index contributed by atoms with van der Waals surface area (Å²) >= 11 is 0. The minimum absolute atomic E-state index is 0. The van der Waals surface area contributed by atoms with Crippen LogP contribution in [-0.4, -0.2) is 24.3 Å². The molecule has 2 N–H and O–H groups in total. The van der Waals surface area contributed by atoms with Gasteiger partial charge in [0.05, 0.1) is 6.10 Å². The van der Waals surface area contributed by atoms with E-state index in [1.54, 1.807) is 0 Å². The molecule has 1 fully saturated rings. The summed E-state index contributed by atoms with van der Waals surface area (Å²) in [6.07, 6.45) is 3.02. The van der Waals surface area contributed by atoms with Crippen molar-refractivity contribution in [2.45, 2.75) is 31.4 Å². The van der Waals surface area contributed by atoms with E-state index in [0.29, 0.717) is 6.04 Å². The van der Waals surface area contributed by atoms with Crippen molar-refractivity contribution in [1.29, 1.82) is 0 Å². The number of aliphatic hydroxyl groups excluding tert-OH is 1. The zero-order valence-corrected chi connectivity index (χ0v) is 6.45. The molecule has 0 amide bonds. The number of hydrogen-bond acceptors (Lipinski definition) is 2. The molecule has 0 saturated heterocycles. The molecule has 0 aromatic rings. The molecule has 9 heavy (non-hydrogen) atoms. The van der Waals surface area contributed by atoms with Gasteiger partial charge in [0.25, 0.3) is 0 Å². The van der Waals surface area contributed by atoms with Crippen LogP contribution in [0.15, 0.2) is 0 Å². The lowest BCUT2D eigenvalue weighted by molar-refractivity contribution is 0.180. The molecule has 0 aromatic carbocycles. The molecule has 1 aliphatic rings. The predicted octanol–water partition coefficient (Wildman–Crippen LogP) is 0.541. The van der Waals surface area contributed by atoms with Crippen LogP contribution in [0.3, 0.4) is 0 Å². The summed E-state index contributed by atoms with van der Waals surface area (Å²) in [7, 11) is 1.95. The summed E-state index contributed by atoms with van der Waals surface area (Å²) in [4.78, 5) is 0. The third-order valence-electron chi connectivity index (χ3n) is 1.81. The standard InChI is InChI=1S/C6H13NO.ClH/c1-7-5-2-3-6(8)4-5;/h5-8H,2-4H2,1H3;1H. The summed E-state index contributed by atoms with van der Waals surface area (Å²) in [5.41, 5.74) is 0. The van der Waals surface area contributed by atoms with Gasteiger partial charge in [-0.1, -0.05) is 0 Å². The second-order valence-electron chi connectivity index (χ2n) is 2.45. The first-order chi connectivity index (χ1) is 3.83. The van der Waals surface area contributed by atoms with Crippen LogP contribution in [0.1, 0.15) is 19.3 Å². The maximum absolute atomic E-state index is 8.99. The maximum atomic E-state index is 8.99. The highest BCUT2D eigenvalue weighted by atomic mass is 35.5. The van der Waals surface area contributed by atoms with Crippen molar-refractivity contribution in [2.24, 2.45) is 0 Å². The molecule has 2 nitrogen and oxygen atoms in total. The Hall–Kier alpha value is 0.210. The molecule has 0 aromatic heterocycles. The molecule has 0 bridgehead atoms. The lowest BCUT2D eigenvalue weighted by Crippen LogP contribution is -2.21. The van der Waals surface area contributed by atoms with Gasteiger partial charge in [0.15, 0.2) is 0 Å². The summed E-state index contributed by atoms with van der Waals surface area (Å²) in [5.74, 6) is 0. The minimum atomic E-state index is -0.0348. The molecule has 1 saturated carbocycles. The van der Waals surface area contributed by atoms with Gasteiger partial charge in [-0.15, -0.1) is 12.4 Å². The smallest absolute Gasteiger partial charge is 0.0555 e. The first-order valence-corrected chi connectivity index (χ1v) is 3.18. The van der Waals surface area contributed by atoms with E-state index in [9.17, 15) is 0 Å². The summed E-state index contributed by atoms with van der Waals surface area (Å²) in [6, 6.07) is 0.574. The zero-order chi connectivity index (χ0) is 5.98. The van der Waals surface area contributed by atoms with E-state index < -0.39 is 0 Å². The second kappa shape index (κ2) is 4.09. The first kappa shape index (κ1) is 9.21. The fraction of sp³-hybridized carbons (Fsp3) is 1.00. The van der Waals surface area contributed by atoms with Crippen LogP contribution < -0.4 is 5.32 Å². The molecule has 0 spiro atoms. The maximum Gasteiger partial charge on any atom is 0.0555 e. The number of rotatable bonds is 1. The summed E-state index contributed by atoms with van der Waals surface area (Å²) in [6.45, 7) is 0. The Labute approximate surface area is 62.1 Å². The van der Waals surface area contributed by atoms with Crippen LogP contribution in [0.25, 0.3) is 0 Å². The second-order valence-corrected chi connectivity index (χ2v) is 2.45. The van der Waals surface area contributed by atoms with Crippen molar-refractivity contribution >= 4 is 12.4 Å². The van der Waals surface area contributed by atoms with Crippen molar-refractivity contribution in [3.05, 3.63) is 0 Å². The average molecular weight is 152 g/mol. The normalized spacial score (nSPS) is 34.0. The SMILES string of the molecule is CNC1CCC(O)C1.Cl. The lowest BCUT2D eigenvalue weighted by atomic mass is 10.2. The van der Waals surface area contributed by atoms with Crippen molar-refractivity contribution in [3.63, 3.8) is 0 Å². The van der Waals surface area contributed by atoms with Crippen molar-refractivity contribution in [2.75, 3.05) is 7.05 Å². The lowest BCUT2D eigenvalue weighted by Gasteiger charge is -2.04. The van der Waals surface area contributed by atoms with Gasteiger partial charge in [0.2, 0.25) is 0 Å². The van der Waals surface area contributed by atoms with Crippen molar-refractivity contribution < 1.29 is 5.11 Å². The van der Waals surface area contributed by atoms with Gasteiger partial charge in [0.1, 0.15) is 0 Å². The van der Waals surface area contributed by atoms with E-state index in [1.807, 2.05) is 7.05 Å². The average Bonchev–Trinajstić information content (AvgIpc) is 2.14. The predicted molar refractivity (Wildman–Crippen MR) is 40.0 cm³/mol. The molecule has 3 heteroatoms. The highest BCUT2D eigenvalue weighted by Gasteiger charge is 2.20. The molecule has 2 atom stereocenters. The molecule has 1 rings (SSSR count). The molecular weight excluding hydrogens is 138 g/mol. The Bertz CT molecular complexity index is 79.5. The van der Waals surface area contributed by atoms with Gasteiger partial charge >= 0.3 is 0 Å². The molecule has 2 unspecified atom stereocenters. The van der Waals surface area contributed by atoms with Gasteiger partial charge in [0, 0.05) is 6.04 Å². The largest absolute Gasteiger partial charge is 0.393 e. The Morgan fingerprint density at radius 1 is 1.44 bits per heavy atom. The Balaban J connectivity index is 0.000000640. The molecule has 0 heterocycles. The zero-order valence-electron chi connectivity index (χ0n) is 5.63. The number of hydrogen-bond donors (Lipinski definition) is 2. The third kappa shape index (κ3) is 2.52. The van der Waals surface area contributed by atoms with Crippen LogP contribution in [0.2, 0.25) is 0 Å². The van der Waals surface area contributed by atoms with Gasteiger partial charge in [-0.25, -0.2) is 0 Å². The van der Waals surface area contributed by atoms with Crippen molar-refractivity contribution in [3.8, 4) is 0 Å². The van der Waals surface area contributed by atoms with Crippen molar-refractivity contribution in [1.82, 2.24) is 5.32 Å². The van der Waals surface area contributed by atoms with E-state index in [1.165, 1.54) is 0 Å². The highest BCUT2D eigenvalue weighted by molar-refractivity contribution is 5.85. The van der Waals surface area contributed by atoms with E-state index in [0.717, 1.165) is 19.3 Å². The quantitative estimate of drug-likeness (QED) is 0.574. The fourth-order valence-corrected chi connectivity index (χ4v) is 1.22. The highest BCUT2D eigenvalue weighted by Crippen LogP contribution is 2.17.